The van der Waals surface area contributed by atoms with Crippen LogP contribution < -0.4 is 0 Å². The van der Waals surface area contributed by atoms with Crippen LogP contribution >= 0.6 is 0 Å². The highest BCUT2D eigenvalue weighted by Crippen LogP contribution is 2.18. The Morgan fingerprint density at radius 1 is 0.324 bits per heavy atom. The lowest BCUT2D eigenvalue weighted by molar-refractivity contribution is -0.161. The summed E-state index contributed by atoms with van der Waals surface area (Å²) in [6, 6.07) is 0. The third kappa shape index (κ3) is 57.2. The topological polar surface area (TPSA) is 72.8 Å². The largest absolute Gasteiger partial charge is 0.462 e. The molecule has 5 heteroatoms. The molecule has 5 nitrogen and oxygen atoms in total. The lowest BCUT2D eigenvalue weighted by Gasteiger charge is -2.15. The molecule has 0 radical (unpaired) electrons. The van der Waals surface area contributed by atoms with Gasteiger partial charge in [0.2, 0.25) is 0 Å². The van der Waals surface area contributed by atoms with Gasteiger partial charge in [0.15, 0.2) is 6.10 Å². The Balaban J connectivity index is 3.31. The van der Waals surface area contributed by atoms with Gasteiger partial charge in [-0.2, -0.15) is 0 Å². The summed E-state index contributed by atoms with van der Waals surface area (Å²) in [4.78, 5) is 24.4. The summed E-state index contributed by atoms with van der Waals surface area (Å²) in [6.07, 6.45) is 75.3. The van der Waals surface area contributed by atoms with Crippen molar-refractivity contribution in [1.29, 1.82) is 0 Å². The van der Waals surface area contributed by atoms with E-state index in [2.05, 4.69) is 26.0 Å². The first-order chi connectivity index (χ1) is 33.6. The number of rotatable bonds is 59. The zero-order valence-corrected chi connectivity index (χ0v) is 46.4. The van der Waals surface area contributed by atoms with Crippen molar-refractivity contribution in [2.45, 2.75) is 367 Å². The van der Waals surface area contributed by atoms with Gasteiger partial charge in [0, 0.05) is 12.8 Å². The predicted octanol–water partition coefficient (Wildman–Crippen LogP) is 21.1. The van der Waals surface area contributed by atoms with Crippen molar-refractivity contribution >= 4 is 11.9 Å². The average molecular weight is 960 g/mol. The van der Waals surface area contributed by atoms with E-state index in [4.69, 9.17) is 9.47 Å². The molecule has 0 aliphatic rings. The molecule has 1 atom stereocenters. The number of hydrogen-bond donors (Lipinski definition) is 1. The van der Waals surface area contributed by atoms with Crippen LogP contribution in [0.3, 0.4) is 0 Å². The number of esters is 2. The maximum absolute atomic E-state index is 12.3. The SMILES string of the molecule is CCCCCCCCCC/C=C\CCCCCCCCCCCCCCCCCCCCCCCCCCCCCCCC(=O)OC(CO)COC(=O)CCCCCCCCCCCCCCC. The first kappa shape index (κ1) is 66.6. The van der Waals surface area contributed by atoms with E-state index in [1.54, 1.807) is 0 Å². The highest BCUT2D eigenvalue weighted by atomic mass is 16.6. The summed E-state index contributed by atoms with van der Waals surface area (Å²) < 4.78 is 10.7. The standard InChI is InChI=1S/C63H122O5/c1-3-5-7-9-11-13-15-17-18-19-20-21-22-23-24-25-26-27-28-29-30-31-32-33-34-35-36-37-38-39-40-41-42-43-44-46-48-50-52-54-56-58-63(66)68-61(59-64)60-67-62(65)57-55-53-51-49-47-45-16-14-12-10-8-6-4-2/h19-20,61,64H,3-18,21-60H2,1-2H3/b20-19-. The Morgan fingerprint density at radius 3 is 0.794 bits per heavy atom. The van der Waals surface area contributed by atoms with Crippen molar-refractivity contribution in [3.8, 4) is 0 Å². The van der Waals surface area contributed by atoms with Gasteiger partial charge in [0.05, 0.1) is 6.61 Å². The van der Waals surface area contributed by atoms with Gasteiger partial charge in [-0.1, -0.05) is 321 Å². The summed E-state index contributed by atoms with van der Waals surface area (Å²) in [7, 11) is 0. The van der Waals surface area contributed by atoms with Crippen LogP contribution in [0.2, 0.25) is 0 Å². The smallest absolute Gasteiger partial charge is 0.306 e. The van der Waals surface area contributed by atoms with E-state index in [-0.39, 0.29) is 25.2 Å². The van der Waals surface area contributed by atoms with E-state index < -0.39 is 6.10 Å². The van der Waals surface area contributed by atoms with Gasteiger partial charge < -0.3 is 14.6 Å². The molecule has 404 valence electrons. The maximum Gasteiger partial charge on any atom is 0.306 e. The molecule has 0 aromatic rings. The molecule has 0 spiro atoms. The van der Waals surface area contributed by atoms with Crippen LogP contribution in [0.15, 0.2) is 12.2 Å². The minimum absolute atomic E-state index is 0.0570. The second-order valence-corrected chi connectivity index (χ2v) is 21.5. The summed E-state index contributed by atoms with van der Waals surface area (Å²) in [5.41, 5.74) is 0. The molecule has 0 rings (SSSR count). The van der Waals surface area contributed by atoms with Gasteiger partial charge in [-0.25, -0.2) is 0 Å². The second kappa shape index (κ2) is 59.9. The fourth-order valence-electron chi connectivity index (χ4n) is 9.85. The molecule has 0 aromatic heterocycles. The van der Waals surface area contributed by atoms with Crippen molar-refractivity contribution in [1.82, 2.24) is 0 Å². The summed E-state index contributed by atoms with van der Waals surface area (Å²) >= 11 is 0. The number of aliphatic hydroxyl groups excluding tert-OH is 1. The monoisotopic (exact) mass is 959 g/mol. The average Bonchev–Trinajstić information content (AvgIpc) is 3.34. The third-order valence-corrected chi connectivity index (χ3v) is 14.6. The van der Waals surface area contributed by atoms with Crippen LogP contribution in [-0.2, 0) is 19.1 Å². The minimum Gasteiger partial charge on any atom is -0.462 e. The lowest BCUT2D eigenvalue weighted by Crippen LogP contribution is -2.28. The van der Waals surface area contributed by atoms with E-state index in [9.17, 15) is 14.7 Å². The molecule has 1 N–H and O–H groups in total. The summed E-state index contributed by atoms with van der Waals surface area (Å²) in [5.74, 6) is -0.568. The van der Waals surface area contributed by atoms with Crippen LogP contribution in [0.5, 0.6) is 0 Å². The molecule has 0 aliphatic heterocycles. The van der Waals surface area contributed by atoms with Crippen molar-refractivity contribution in [3.05, 3.63) is 12.2 Å². The molecule has 0 saturated heterocycles. The molecule has 0 saturated carbocycles. The number of aliphatic hydroxyl groups is 1. The Hall–Kier alpha value is -1.36. The number of carbonyl (C=O) groups is 2. The number of carbonyl (C=O) groups excluding carboxylic acids is 2. The van der Waals surface area contributed by atoms with E-state index in [1.165, 1.54) is 302 Å². The van der Waals surface area contributed by atoms with Gasteiger partial charge in [-0.3, -0.25) is 9.59 Å². The number of allylic oxidation sites excluding steroid dienone is 2. The van der Waals surface area contributed by atoms with E-state index >= 15 is 0 Å². The zero-order chi connectivity index (χ0) is 49.2. The first-order valence-corrected chi connectivity index (χ1v) is 31.2. The third-order valence-electron chi connectivity index (χ3n) is 14.6. The lowest BCUT2D eigenvalue weighted by atomic mass is 10.0. The predicted molar refractivity (Wildman–Crippen MR) is 298 cm³/mol. The minimum atomic E-state index is -0.764. The van der Waals surface area contributed by atoms with Crippen LogP contribution in [0, 0.1) is 0 Å². The Kier molecular flexibility index (Phi) is 58.7. The maximum atomic E-state index is 12.3. The molecule has 0 fully saturated rings. The molecule has 1 unspecified atom stereocenters. The molecule has 0 bridgehead atoms. The fraction of sp³-hybridized carbons (Fsp3) is 0.937. The Bertz CT molecular complexity index is 994. The molecule has 68 heavy (non-hydrogen) atoms. The van der Waals surface area contributed by atoms with Crippen LogP contribution in [0.1, 0.15) is 361 Å². The van der Waals surface area contributed by atoms with Crippen molar-refractivity contribution in [2.24, 2.45) is 0 Å². The van der Waals surface area contributed by atoms with Crippen molar-refractivity contribution in [3.63, 3.8) is 0 Å². The molecule has 0 amide bonds. The van der Waals surface area contributed by atoms with E-state index in [0.717, 1.165) is 32.1 Å². The van der Waals surface area contributed by atoms with Crippen LogP contribution in [0.25, 0.3) is 0 Å². The highest BCUT2D eigenvalue weighted by molar-refractivity contribution is 5.70. The summed E-state index contributed by atoms with van der Waals surface area (Å²) in [5, 5.41) is 9.63. The van der Waals surface area contributed by atoms with Gasteiger partial charge in [-0.15, -0.1) is 0 Å². The number of hydrogen-bond acceptors (Lipinski definition) is 5. The molecular formula is C63H122O5. The Labute approximate surface area is 426 Å². The Morgan fingerprint density at radius 2 is 0.544 bits per heavy atom. The molecular weight excluding hydrogens is 837 g/mol. The van der Waals surface area contributed by atoms with Gasteiger partial charge in [0.1, 0.15) is 6.61 Å². The van der Waals surface area contributed by atoms with Gasteiger partial charge in [0.25, 0.3) is 0 Å². The first-order valence-electron chi connectivity index (χ1n) is 31.2. The van der Waals surface area contributed by atoms with E-state index in [1.807, 2.05) is 0 Å². The second-order valence-electron chi connectivity index (χ2n) is 21.5. The molecule has 0 heterocycles. The van der Waals surface area contributed by atoms with E-state index in [0.29, 0.717) is 12.8 Å². The van der Waals surface area contributed by atoms with Crippen LogP contribution in [-0.4, -0.2) is 36.4 Å². The molecule has 0 aromatic carbocycles. The highest BCUT2D eigenvalue weighted by Gasteiger charge is 2.16. The van der Waals surface area contributed by atoms with Crippen LogP contribution in [0.4, 0.5) is 0 Å². The fourth-order valence-corrected chi connectivity index (χ4v) is 9.85. The van der Waals surface area contributed by atoms with Crippen molar-refractivity contribution in [2.75, 3.05) is 13.2 Å². The van der Waals surface area contributed by atoms with Crippen molar-refractivity contribution < 1.29 is 24.2 Å². The summed E-state index contributed by atoms with van der Waals surface area (Å²) in [6.45, 7) is 4.19. The molecule has 0 aliphatic carbocycles. The zero-order valence-electron chi connectivity index (χ0n) is 46.4. The number of unbranched alkanes of at least 4 members (excludes halogenated alkanes) is 49. The normalized spacial score (nSPS) is 12.1. The van der Waals surface area contributed by atoms with Gasteiger partial charge >= 0.3 is 11.9 Å². The number of ether oxygens (including phenoxy) is 2. The quantitative estimate of drug-likeness (QED) is 0.0374. The van der Waals surface area contributed by atoms with Gasteiger partial charge in [-0.05, 0) is 38.5 Å².